The Kier molecular flexibility index (Phi) is 1.52. The number of hydrogen-bond donors (Lipinski definition) is 0. The zero-order valence-corrected chi connectivity index (χ0v) is 4.82. The van der Waals surface area contributed by atoms with Gasteiger partial charge in [0.1, 0.15) is 0 Å². The van der Waals surface area contributed by atoms with E-state index in [2.05, 4.69) is 5.73 Å². The highest BCUT2D eigenvalue weighted by Crippen LogP contribution is 2.14. The normalized spacial score (nSPS) is 25.8. The Morgan fingerprint density at radius 1 is 1.75 bits per heavy atom. The third-order valence-electron chi connectivity index (χ3n) is 0.845. The van der Waals surface area contributed by atoms with Crippen molar-refractivity contribution in [2.75, 3.05) is 0 Å². The van der Waals surface area contributed by atoms with Crippen molar-refractivity contribution in [3.05, 3.63) is 29.0 Å². The Hall–Kier alpha value is -0.520. The molecule has 1 aliphatic carbocycles. The Labute approximate surface area is 52.0 Å². The minimum atomic E-state index is -1.14. The third kappa shape index (κ3) is 1.00. The Morgan fingerprint density at radius 2 is 2.50 bits per heavy atom. The fraction of sp³-hybridized carbons (Fsp3) is 0.167. The first-order valence-corrected chi connectivity index (χ1v) is 2.61. The molecule has 1 aliphatic rings. The molecule has 0 spiro atoms. The quantitative estimate of drug-likeness (QED) is 0.441. The van der Waals surface area contributed by atoms with Gasteiger partial charge in [-0.1, -0.05) is 11.6 Å². The molecule has 0 saturated carbocycles. The second-order valence-electron chi connectivity index (χ2n) is 1.45. The van der Waals surface area contributed by atoms with Gasteiger partial charge in [-0.15, -0.1) is 5.73 Å². The van der Waals surface area contributed by atoms with Gasteiger partial charge >= 0.3 is 0 Å². The summed E-state index contributed by atoms with van der Waals surface area (Å²) < 4.78 is 12.2. The number of allylic oxidation sites excluding steroid dienone is 3. The number of rotatable bonds is 0. The molecule has 0 radical (unpaired) electrons. The molecular formula is C6H4ClF. The van der Waals surface area contributed by atoms with Crippen molar-refractivity contribution in [2.24, 2.45) is 0 Å². The van der Waals surface area contributed by atoms with Gasteiger partial charge in [-0.05, 0) is 18.2 Å². The van der Waals surface area contributed by atoms with E-state index in [9.17, 15) is 4.39 Å². The van der Waals surface area contributed by atoms with E-state index < -0.39 is 6.17 Å². The van der Waals surface area contributed by atoms with Crippen LogP contribution in [0.2, 0.25) is 0 Å². The van der Waals surface area contributed by atoms with E-state index in [1.54, 1.807) is 6.08 Å². The first-order chi connectivity index (χ1) is 3.80. The SMILES string of the molecule is FC1C=C=CC=C1Cl. The van der Waals surface area contributed by atoms with E-state index >= 15 is 0 Å². The van der Waals surface area contributed by atoms with Gasteiger partial charge in [-0.25, -0.2) is 4.39 Å². The molecule has 42 valence electrons. The molecule has 1 unspecified atom stereocenters. The predicted octanol–water partition coefficient (Wildman–Crippen LogP) is 2.17. The molecule has 2 heteroatoms. The predicted molar refractivity (Wildman–Crippen MR) is 31.5 cm³/mol. The van der Waals surface area contributed by atoms with Crippen LogP contribution < -0.4 is 0 Å². The average molecular weight is 131 g/mol. The van der Waals surface area contributed by atoms with Crippen molar-refractivity contribution in [3.8, 4) is 0 Å². The molecule has 1 atom stereocenters. The monoisotopic (exact) mass is 130 g/mol. The minimum absolute atomic E-state index is 0.226. The third-order valence-corrected chi connectivity index (χ3v) is 1.18. The van der Waals surface area contributed by atoms with E-state index in [-0.39, 0.29) is 5.03 Å². The molecule has 0 aromatic rings. The van der Waals surface area contributed by atoms with Crippen molar-refractivity contribution in [1.29, 1.82) is 0 Å². The van der Waals surface area contributed by atoms with Crippen molar-refractivity contribution in [1.82, 2.24) is 0 Å². The summed E-state index contributed by atoms with van der Waals surface area (Å²) in [6.07, 6.45) is 3.22. The first-order valence-electron chi connectivity index (χ1n) is 2.23. The van der Waals surface area contributed by atoms with Crippen LogP contribution in [0.15, 0.2) is 29.0 Å². The van der Waals surface area contributed by atoms with Crippen LogP contribution in [0.25, 0.3) is 0 Å². The summed E-state index contributed by atoms with van der Waals surface area (Å²) in [6.45, 7) is 0. The Balaban J connectivity index is 2.86. The van der Waals surface area contributed by atoms with Crippen molar-refractivity contribution in [2.45, 2.75) is 6.17 Å². The van der Waals surface area contributed by atoms with Gasteiger partial charge in [-0.2, -0.15) is 0 Å². The molecule has 1 rings (SSSR count). The van der Waals surface area contributed by atoms with Gasteiger partial charge < -0.3 is 0 Å². The van der Waals surface area contributed by atoms with Crippen LogP contribution in [-0.4, -0.2) is 6.17 Å². The highest BCUT2D eigenvalue weighted by atomic mass is 35.5. The van der Waals surface area contributed by atoms with Gasteiger partial charge in [0.15, 0.2) is 6.17 Å². The lowest BCUT2D eigenvalue weighted by atomic mass is 10.2. The topological polar surface area (TPSA) is 0 Å². The standard InChI is InChI=1S/C6H4ClF/c7-5-3-1-2-4-6(5)8/h1,3-4,6H. The average Bonchev–Trinajstić information content (AvgIpc) is 1.77. The van der Waals surface area contributed by atoms with Crippen molar-refractivity contribution < 1.29 is 4.39 Å². The molecule has 0 N–H and O–H groups in total. The first kappa shape index (κ1) is 5.61. The summed E-state index contributed by atoms with van der Waals surface area (Å²) >= 11 is 5.35. The molecule has 0 nitrogen and oxygen atoms in total. The molecular weight excluding hydrogens is 127 g/mol. The molecule has 8 heavy (non-hydrogen) atoms. The molecule has 0 bridgehead atoms. The number of halogens is 2. The molecule has 0 aromatic carbocycles. The Bertz CT molecular complexity index is 175. The van der Waals surface area contributed by atoms with E-state index in [1.165, 1.54) is 12.2 Å². The van der Waals surface area contributed by atoms with Crippen LogP contribution in [0.4, 0.5) is 4.39 Å². The molecule has 0 aliphatic heterocycles. The van der Waals surface area contributed by atoms with Gasteiger partial charge in [0.25, 0.3) is 0 Å². The van der Waals surface area contributed by atoms with Gasteiger partial charge in [0.2, 0.25) is 0 Å². The molecule has 0 saturated heterocycles. The fourth-order valence-electron chi connectivity index (χ4n) is 0.439. The Morgan fingerprint density at radius 3 is 2.88 bits per heavy atom. The highest BCUT2D eigenvalue weighted by Gasteiger charge is 2.05. The van der Waals surface area contributed by atoms with Crippen molar-refractivity contribution >= 4 is 11.6 Å². The molecule has 0 aromatic heterocycles. The lowest BCUT2D eigenvalue weighted by molar-refractivity contribution is 0.462. The van der Waals surface area contributed by atoms with E-state index in [1.807, 2.05) is 0 Å². The molecule has 0 fully saturated rings. The van der Waals surface area contributed by atoms with Crippen molar-refractivity contribution in [3.63, 3.8) is 0 Å². The zero-order chi connectivity index (χ0) is 5.98. The largest absolute Gasteiger partial charge is 0.236 e. The van der Waals surface area contributed by atoms with Crippen LogP contribution in [0, 0.1) is 0 Å². The molecule has 0 heterocycles. The highest BCUT2D eigenvalue weighted by molar-refractivity contribution is 6.30. The van der Waals surface area contributed by atoms with E-state index in [4.69, 9.17) is 11.6 Å². The van der Waals surface area contributed by atoms with E-state index in [0.717, 1.165) is 0 Å². The van der Waals surface area contributed by atoms with Crippen LogP contribution in [-0.2, 0) is 0 Å². The summed E-state index contributed by atoms with van der Waals surface area (Å²) in [5.41, 5.74) is 2.58. The summed E-state index contributed by atoms with van der Waals surface area (Å²) in [7, 11) is 0. The lowest BCUT2D eigenvalue weighted by Gasteiger charge is -1.98. The number of hydrogen-bond acceptors (Lipinski definition) is 0. The second-order valence-corrected chi connectivity index (χ2v) is 1.89. The maximum atomic E-state index is 12.2. The maximum Gasteiger partial charge on any atom is 0.161 e. The minimum Gasteiger partial charge on any atom is -0.236 e. The fourth-order valence-corrected chi connectivity index (χ4v) is 0.565. The van der Waals surface area contributed by atoms with E-state index in [0.29, 0.717) is 0 Å². The maximum absolute atomic E-state index is 12.2. The van der Waals surface area contributed by atoms with Crippen LogP contribution in [0.3, 0.4) is 0 Å². The van der Waals surface area contributed by atoms with Gasteiger partial charge in [0.05, 0.1) is 5.03 Å². The zero-order valence-electron chi connectivity index (χ0n) is 4.07. The van der Waals surface area contributed by atoms with Gasteiger partial charge in [0, 0.05) is 0 Å². The van der Waals surface area contributed by atoms with Crippen LogP contribution in [0.5, 0.6) is 0 Å². The summed E-state index contributed by atoms with van der Waals surface area (Å²) in [5, 5.41) is 0.226. The lowest BCUT2D eigenvalue weighted by Crippen LogP contribution is -1.94. The smallest absolute Gasteiger partial charge is 0.161 e. The summed E-state index contributed by atoms with van der Waals surface area (Å²) in [6, 6.07) is 0. The summed E-state index contributed by atoms with van der Waals surface area (Å²) in [5.74, 6) is 0. The van der Waals surface area contributed by atoms with Crippen LogP contribution >= 0.6 is 11.6 Å². The molecule has 0 amide bonds. The van der Waals surface area contributed by atoms with Gasteiger partial charge in [-0.3, -0.25) is 0 Å². The summed E-state index contributed by atoms with van der Waals surface area (Å²) in [4.78, 5) is 0. The second kappa shape index (κ2) is 2.17. The van der Waals surface area contributed by atoms with Crippen LogP contribution in [0.1, 0.15) is 0 Å². The number of alkyl halides is 1.